The van der Waals surface area contributed by atoms with Gasteiger partial charge in [0.15, 0.2) is 9.84 Å². The summed E-state index contributed by atoms with van der Waals surface area (Å²) in [6, 6.07) is 20.1. The van der Waals surface area contributed by atoms with Gasteiger partial charge in [0, 0.05) is 12.2 Å². The molecule has 0 atom stereocenters. The Bertz CT molecular complexity index is 1070. The van der Waals surface area contributed by atoms with Crippen LogP contribution in [0.2, 0.25) is 0 Å². The Hall–Kier alpha value is -2.86. The molecule has 4 rings (SSSR count). The average Bonchev–Trinajstić information content (AvgIpc) is 2.75. The molecule has 0 radical (unpaired) electrons. The molecule has 0 fully saturated rings. The number of hydrogen-bond donors (Lipinski definition) is 1. The number of aromatic nitrogens is 1. The number of pyridine rings is 1. The molecule has 2 aromatic carbocycles. The predicted octanol–water partition coefficient (Wildman–Crippen LogP) is 4.64. The number of anilines is 1. The Morgan fingerprint density at radius 3 is 2.48 bits per heavy atom. The third kappa shape index (κ3) is 4.95. The van der Waals surface area contributed by atoms with Crippen molar-refractivity contribution in [3.8, 4) is 11.5 Å². The smallest absolute Gasteiger partial charge is 0.178 e. The molecule has 1 N–H and O–H groups in total. The molecule has 0 spiro atoms. The maximum Gasteiger partial charge on any atom is 0.178 e. The average molecular weight is 409 g/mol. The Morgan fingerprint density at radius 2 is 1.69 bits per heavy atom. The summed E-state index contributed by atoms with van der Waals surface area (Å²) in [6.45, 7) is 0.946. The van der Waals surface area contributed by atoms with Crippen molar-refractivity contribution < 1.29 is 13.2 Å². The fourth-order valence-electron chi connectivity index (χ4n) is 3.41. The van der Waals surface area contributed by atoms with Crippen molar-refractivity contribution in [1.29, 1.82) is 0 Å². The van der Waals surface area contributed by atoms with Gasteiger partial charge in [-0.2, -0.15) is 0 Å². The molecule has 1 aromatic heterocycles. The number of aryl methyl sites for hydroxylation is 2. The zero-order valence-electron chi connectivity index (χ0n) is 16.2. The van der Waals surface area contributed by atoms with Gasteiger partial charge >= 0.3 is 0 Å². The van der Waals surface area contributed by atoms with Gasteiger partial charge in [0.05, 0.1) is 10.6 Å². The van der Waals surface area contributed by atoms with E-state index in [-0.39, 0.29) is 5.75 Å². The van der Waals surface area contributed by atoms with E-state index in [9.17, 15) is 8.42 Å². The molecule has 1 aliphatic rings. The van der Waals surface area contributed by atoms with Gasteiger partial charge in [0.25, 0.3) is 0 Å². The van der Waals surface area contributed by atoms with Crippen LogP contribution in [0.4, 0.5) is 5.82 Å². The Labute approximate surface area is 171 Å². The highest BCUT2D eigenvalue weighted by molar-refractivity contribution is 7.91. The van der Waals surface area contributed by atoms with Gasteiger partial charge in [-0.3, -0.25) is 0 Å². The number of hydrogen-bond acceptors (Lipinski definition) is 5. The van der Waals surface area contributed by atoms with Gasteiger partial charge in [-0.05, 0) is 73.7 Å². The quantitative estimate of drug-likeness (QED) is 0.617. The van der Waals surface area contributed by atoms with Crippen molar-refractivity contribution in [3.63, 3.8) is 0 Å². The largest absolute Gasteiger partial charge is 0.457 e. The predicted molar refractivity (Wildman–Crippen MR) is 114 cm³/mol. The molecule has 2 heterocycles. The summed E-state index contributed by atoms with van der Waals surface area (Å²) in [7, 11) is -3.34. The third-order valence-electron chi connectivity index (χ3n) is 4.96. The molecule has 0 saturated carbocycles. The van der Waals surface area contributed by atoms with E-state index >= 15 is 0 Å². The van der Waals surface area contributed by atoms with E-state index in [1.807, 2.05) is 36.4 Å². The van der Waals surface area contributed by atoms with Crippen LogP contribution in [0, 0.1) is 0 Å². The van der Waals surface area contributed by atoms with Gasteiger partial charge < -0.3 is 10.1 Å². The second-order valence-electron chi connectivity index (χ2n) is 7.15. The van der Waals surface area contributed by atoms with E-state index in [1.165, 1.54) is 5.56 Å². The van der Waals surface area contributed by atoms with Crippen LogP contribution < -0.4 is 10.1 Å². The van der Waals surface area contributed by atoms with Crippen LogP contribution in [0.5, 0.6) is 11.5 Å². The number of nitrogens with one attached hydrogen (secondary N) is 1. The third-order valence-corrected chi connectivity index (χ3v) is 6.78. The molecular weight excluding hydrogens is 384 g/mol. The minimum absolute atomic E-state index is 0.0953. The van der Waals surface area contributed by atoms with E-state index in [0.717, 1.165) is 36.6 Å². The van der Waals surface area contributed by atoms with Crippen LogP contribution in [0.1, 0.15) is 24.1 Å². The lowest BCUT2D eigenvalue weighted by atomic mass is 10.1. The first-order valence-electron chi connectivity index (χ1n) is 9.88. The first kappa shape index (κ1) is 19.5. The molecule has 0 saturated heterocycles. The fourth-order valence-corrected chi connectivity index (χ4v) is 4.72. The number of nitrogens with zero attached hydrogens (tertiary/aromatic N) is 1. The highest BCUT2D eigenvalue weighted by atomic mass is 32.2. The molecule has 0 amide bonds. The number of ether oxygens (including phenoxy) is 1. The Morgan fingerprint density at radius 1 is 0.931 bits per heavy atom. The van der Waals surface area contributed by atoms with Gasteiger partial charge in [-0.1, -0.05) is 24.3 Å². The number of benzene rings is 2. The lowest BCUT2D eigenvalue weighted by Crippen LogP contribution is -2.14. The van der Waals surface area contributed by atoms with Crippen molar-refractivity contribution in [2.45, 2.75) is 30.6 Å². The first-order chi connectivity index (χ1) is 14.1. The number of fused-ring (bicyclic) bond motifs is 1. The molecule has 150 valence electrons. The normalized spacial score (nSPS) is 13.4. The number of para-hydroxylation sites is 1. The standard InChI is InChI=1S/C23H24N2O3S/c26-29(27,17-5-7-19-11-10-18-6-4-16-24-23(18)25-19)22-14-12-21(13-15-22)28-20-8-2-1-3-9-20/h1-3,8-15H,4-7,16-17H2,(H,24,25). The SMILES string of the molecule is O=S(=O)(CCCc1ccc2c(n1)NCCC2)c1ccc(Oc2ccccc2)cc1. The highest BCUT2D eigenvalue weighted by Crippen LogP contribution is 2.24. The number of rotatable bonds is 7. The van der Waals surface area contributed by atoms with Gasteiger partial charge in [-0.15, -0.1) is 0 Å². The van der Waals surface area contributed by atoms with Crippen LogP contribution >= 0.6 is 0 Å². The fraction of sp³-hybridized carbons (Fsp3) is 0.261. The summed E-state index contributed by atoms with van der Waals surface area (Å²) < 4.78 is 31.0. The molecule has 0 aliphatic carbocycles. The van der Waals surface area contributed by atoms with E-state index in [0.29, 0.717) is 23.5 Å². The molecule has 0 unspecified atom stereocenters. The molecule has 29 heavy (non-hydrogen) atoms. The topological polar surface area (TPSA) is 68.3 Å². The van der Waals surface area contributed by atoms with E-state index in [4.69, 9.17) is 4.74 Å². The number of sulfone groups is 1. The summed E-state index contributed by atoms with van der Waals surface area (Å²) in [5.41, 5.74) is 2.17. The highest BCUT2D eigenvalue weighted by Gasteiger charge is 2.15. The van der Waals surface area contributed by atoms with Crippen molar-refractivity contribution in [1.82, 2.24) is 4.98 Å². The second-order valence-corrected chi connectivity index (χ2v) is 9.26. The van der Waals surface area contributed by atoms with E-state index < -0.39 is 9.84 Å². The zero-order chi connectivity index (χ0) is 20.1. The van der Waals surface area contributed by atoms with Crippen LogP contribution in [0.15, 0.2) is 71.6 Å². The van der Waals surface area contributed by atoms with Gasteiger partial charge in [0.1, 0.15) is 17.3 Å². The van der Waals surface area contributed by atoms with Crippen LogP contribution in [0.25, 0.3) is 0 Å². The first-order valence-corrected chi connectivity index (χ1v) is 11.5. The molecule has 0 bridgehead atoms. The minimum atomic E-state index is -3.34. The van der Waals surface area contributed by atoms with Crippen molar-refractivity contribution in [3.05, 3.63) is 78.0 Å². The summed E-state index contributed by atoms with van der Waals surface area (Å²) in [5.74, 6) is 2.37. The molecular formula is C23H24N2O3S. The lowest BCUT2D eigenvalue weighted by molar-refractivity contribution is 0.482. The summed E-state index contributed by atoms with van der Waals surface area (Å²) in [5, 5.41) is 3.32. The van der Waals surface area contributed by atoms with Crippen LogP contribution in [0.3, 0.4) is 0 Å². The van der Waals surface area contributed by atoms with Crippen LogP contribution in [-0.2, 0) is 22.7 Å². The van der Waals surface area contributed by atoms with Gasteiger partial charge in [0.2, 0.25) is 0 Å². The minimum Gasteiger partial charge on any atom is -0.457 e. The van der Waals surface area contributed by atoms with Crippen LogP contribution in [-0.4, -0.2) is 25.7 Å². The summed E-state index contributed by atoms with van der Waals surface area (Å²) >= 11 is 0. The maximum atomic E-state index is 12.7. The Kier molecular flexibility index (Phi) is 5.81. The van der Waals surface area contributed by atoms with E-state index in [2.05, 4.69) is 16.4 Å². The molecule has 5 nitrogen and oxygen atoms in total. The zero-order valence-corrected chi connectivity index (χ0v) is 17.0. The molecule has 1 aliphatic heterocycles. The lowest BCUT2D eigenvalue weighted by Gasteiger charge is -2.17. The van der Waals surface area contributed by atoms with Crippen molar-refractivity contribution >= 4 is 15.7 Å². The molecule has 6 heteroatoms. The van der Waals surface area contributed by atoms with Crippen molar-refractivity contribution in [2.75, 3.05) is 17.6 Å². The maximum absolute atomic E-state index is 12.7. The van der Waals surface area contributed by atoms with E-state index in [1.54, 1.807) is 24.3 Å². The van der Waals surface area contributed by atoms with Crippen molar-refractivity contribution in [2.24, 2.45) is 0 Å². The second kappa shape index (κ2) is 8.66. The monoisotopic (exact) mass is 408 g/mol. The Balaban J connectivity index is 1.35. The summed E-state index contributed by atoms with van der Waals surface area (Å²) in [6.07, 6.45) is 3.36. The van der Waals surface area contributed by atoms with Gasteiger partial charge in [-0.25, -0.2) is 13.4 Å². The molecule has 3 aromatic rings. The summed E-state index contributed by atoms with van der Waals surface area (Å²) in [4.78, 5) is 4.95.